The Bertz CT molecular complexity index is 280. The van der Waals surface area contributed by atoms with Crippen LogP contribution in [0.4, 0.5) is 0 Å². The van der Waals surface area contributed by atoms with Gasteiger partial charge in [-0.2, -0.15) is 11.8 Å². The molecular formula is C12H22N2O3S. The highest BCUT2D eigenvalue weighted by atomic mass is 32.2. The Morgan fingerprint density at radius 1 is 1.56 bits per heavy atom. The van der Waals surface area contributed by atoms with Crippen LogP contribution < -0.4 is 10.6 Å². The Morgan fingerprint density at radius 3 is 2.94 bits per heavy atom. The smallest absolute Gasteiger partial charge is 0.303 e. The normalized spacial score (nSPS) is 21.3. The van der Waals surface area contributed by atoms with Crippen LogP contribution in [0.15, 0.2) is 0 Å². The van der Waals surface area contributed by atoms with Crippen LogP contribution in [0.3, 0.4) is 0 Å². The molecule has 1 rings (SSSR count). The molecule has 18 heavy (non-hydrogen) atoms. The summed E-state index contributed by atoms with van der Waals surface area (Å²) in [5.74, 6) is 1.37. The molecule has 6 heteroatoms. The van der Waals surface area contributed by atoms with Crippen LogP contribution in [0, 0.1) is 0 Å². The third-order valence-electron chi connectivity index (χ3n) is 2.87. The highest BCUT2D eigenvalue weighted by Crippen LogP contribution is 2.10. The van der Waals surface area contributed by atoms with Crippen LogP contribution in [0.5, 0.6) is 0 Å². The van der Waals surface area contributed by atoms with Crippen molar-refractivity contribution >= 4 is 23.6 Å². The van der Waals surface area contributed by atoms with E-state index in [0.717, 1.165) is 18.1 Å². The first-order valence-electron chi connectivity index (χ1n) is 6.40. The summed E-state index contributed by atoms with van der Waals surface area (Å²) in [7, 11) is 0. The van der Waals surface area contributed by atoms with Gasteiger partial charge >= 0.3 is 5.97 Å². The maximum absolute atomic E-state index is 11.7. The minimum absolute atomic E-state index is 0.0492. The second-order valence-electron chi connectivity index (χ2n) is 4.68. The van der Waals surface area contributed by atoms with E-state index in [2.05, 4.69) is 10.6 Å². The average Bonchev–Trinajstić information content (AvgIpc) is 2.29. The quantitative estimate of drug-likeness (QED) is 0.641. The molecule has 1 fully saturated rings. The standard InChI is InChI=1S/C12H22N2O3S/c1-9(3-2-4-12(16)17)14-11(15)7-10-8-18-6-5-13-10/h9-10,13H,2-8H2,1H3,(H,14,15)(H,16,17). The topological polar surface area (TPSA) is 78.4 Å². The summed E-state index contributed by atoms with van der Waals surface area (Å²) in [6.07, 6.45) is 2.00. The van der Waals surface area contributed by atoms with Gasteiger partial charge in [-0.25, -0.2) is 0 Å². The Balaban J connectivity index is 2.12. The van der Waals surface area contributed by atoms with Crippen molar-refractivity contribution in [2.24, 2.45) is 0 Å². The van der Waals surface area contributed by atoms with Crippen LogP contribution >= 0.6 is 11.8 Å². The van der Waals surface area contributed by atoms with Crippen molar-refractivity contribution < 1.29 is 14.7 Å². The first-order valence-corrected chi connectivity index (χ1v) is 7.55. The largest absolute Gasteiger partial charge is 0.481 e. The summed E-state index contributed by atoms with van der Waals surface area (Å²) in [5, 5.41) is 14.8. The molecule has 3 N–H and O–H groups in total. The average molecular weight is 274 g/mol. The number of hydrogen-bond donors (Lipinski definition) is 3. The van der Waals surface area contributed by atoms with E-state index >= 15 is 0 Å². The highest BCUT2D eigenvalue weighted by molar-refractivity contribution is 7.99. The number of aliphatic carboxylic acids is 1. The molecule has 5 nitrogen and oxygen atoms in total. The van der Waals surface area contributed by atoms with E-state index in [1.807, 2.05) is 18.7 Å². The van der Waals surface area contributed by atoms with Gasteiger partial charge < -0.3 is 15.7 Å². The van der Waals surface area contributed by atoms with Crippen molar-refractivity contribution in [1.82, 2.24) is 10.6 Å². The second-order valence-corrected chi connectivity index (χ2v) is 5.83. The van der Waals surface area contributed by atoms with E-state index in [-0.39, 0.29) is 24.4 Å². The van der Waals surface area contributed by atoms with Crippen LogP contribution in [0.1, 0.15) is 32.6 Å². The van der Waals surface area contributed by atoms with Gasteiger partial charge in [-0.1, -0.05) is 0 Å². The van der Waals surface area contributed by atoms with Crippen molar-refractivity contribution in [3.63, 3.8) is 0 Å². The third kappa shape index (κ3) is 6.86. The van der Waals surface area contributed by atoms with Crippen LogP contribution in [-0.2, 0) is 9.59 Å². The summed E-state index contributed by atoms with van der Waals surface area (Å²) in [4.78, 5) is 22.1. The molecule has 0 aliphatic carbocycles. The summed E-state index contributed by atoms with van der Waals surface area (Å²) in [6, 6.07) is 0.322. The minimum Gasteiger partial charge on any atom is -0.481 e. The minimum atomic E-state index is -0.781. The Hall–Kier alpha value is -0.750. The highest BCUT2D eigenvalue weighted by Gasteiger charge is 2.17. The van der Waals surface area contributed by atoms with Crippen molar-refractivity contribution in [1.29, 1.82) is 0 Å². The van der Waals surface area contributed by atoms with E-state index in [0.29, 0.717) is 19.3 Å². The maximum Gasteiger partial charge on any atom is 0.303 e. The van der Waals surface area contributed by atoms with Gasteiger partial charge in [-0.3, -0.25) is 9.59 Å². The molecule has 2 unspecified atom stereocenters. The lowest BCUT2D eigenvalue weighted by atomic mass is 10.1. The molecule has 2 atom stereocenters. The Kier molecular flexibility index (Phi) is 7.12. The molecule has 1 amide bonds. The zero-order valence-electron chi connectivity index (χ0n) is 10.8. The van der Waals surface area contributed by atoms with Gasteiger partial charge in [0.2, 0.25) is 5.91 Å². The fourth-order valence-corrected chi connectivity index (χ4v) is 2.89. The lowest BCUT2D eigenvalue weighted by Crippen LogP contribution is -2.43. The van der Waals surface area contributed by atoms with Crippen molar-refractivity contribution in [3.05, 3.63) is 0 Å². The van der Waals surface area contributed by atoms with Gasteiger partial charge in [0.1, 0.15) is 0 Å². The first-order chi connectivity index (χ1) is 8.58. The number of thioether (sulfide) groups is 1. The first kappa shape index (κ1) is 15.3. The summed E-state index contributed by atoms with van der Waals surface area (Å²) >= 11 is 1.87. The van der Waals surface area contributed by atoms with Crippen molar-refractivity contribution in [3.8, 4) is 0 Å². The summed E-state index contributed by atoms with van der Waals surface area (Å²) < 4.78 is 0. The van der Waals surface area contributed by atoms with Gasteiger partial charge in [-0.15, -0.1) is 0 Å². The molecule has 0 aromatic carbocycles. The molecule has 0 radical (unpaired) electrons. The number of hydrogen-bond acceptors (Lipinski definition) is 4. The molecular weight excluding hydrogens is 252 g/mol. The zero-order valence-corrected chi connectivity index (χ0v) is 11.6. The number of carbonyl (C=O) groups is 2. The van der Waals surface area contributed by atoms with E-state index in [1.54, 1.807) is 0 Å². The predicted octanol–water partition coefficient (Wildman–Crippen LogP) is 0.841. The number of amides is 1. The molecule has 0 saturated carbocycles. The summed E-state index contributed by atoms with van der Waals surface area (Å²) in [6.45, 7) is 2.89. The number of nitrogens with one attached hydrogen (secondary N) is 2. The molecule has 0 aromatic heterocycles. The monoisotopic (exact) mass is 274 g/mol. The molecule has 104 valence electrons. The van der Waals surface area contributed by atoms with Gasteiger partial charge in [-0.05, 0) is 19.8 Å². The number of carboxylic acids is 1. The maximum atomic E-state index is 11.7. The second kappa shape index (κ2) is 8.37. The van der Waals surface area contributed by atoms with Gasteiger partial charge in [0.25, 0.3) is 0 Å². The van der Waals surface area contributed by atoms with Gasteiger partial charge in [0.15, 0.2) is 0 Å². The fraction of sp³-hybridized carbons (Fsp3) is 0.833. The lowest BCUT2D eigenvalue weighted by Gasteiger charge is -2.23. The molecule has 1 heterocycles. The Morgan fingerprint density at radius 2 is 2.33 bits per heavy atom. The predicted molar refractivity (Wildman–Crippen MR) is 72.8 cm³/mol. The number of carbonyl (C=O) groups excluding carboxylic acids is 1. The molecule has 0 bridgehead atoms. The molecule has 0 spiro atoms. The Labute approximate surface area is 112 Å². The number of carboxylic acid groups (broad SMARTS) is 1. The molecule has 0 aromatic rings. The SMILES string of the molecule is CC(CCCC(=O)O)NC(=O)CC1CSCCN1. The zero-order chi connectivity index (χ0) is 13.4. The molecule has 1 saturated heterocycles. The van der Waals surface area contributed by atoms with E-state index in [1.165, 1.54) is 0 Å². The van der Waals surface area contributed by atoms with Crippen LogP contribution in [-0.4, -0.2) is 47.1 Å². The number of rotatable bonds is 7. The van der Waals surface area contributed by atoms with E-state index < -0.39 is 5.97 Å². The van der Waals surface area contributed by atoms with Gasteiger partial charge in [0.05, 0.1) is 0 Å². The lowest BCUT2D eigenvalue weighted by molar-refractivity contribution is -0.137. The van der Waals surface area contributed by atoms with E-state index in [4.69, 9.17) is 5.11 Å². The molecule has 1 aliphatic heterocycles. The molecule has 1 aliphatic rings. The van der Waals surface area contributed by atoms with Gasteiger partial charge in [0, 0.05) is 43.0 Å². The fourth-order valence-electron chi connectivity index (χ4n) is 1.94. The van der Waals surface area contributed by atoms with Crippen LogP contribution in [0.25, 0.3) is 0 Å². The van der Waals surface area contributed by atoms with E-state index in [9.17, 15) is 9.59 Å². The van der Waals surface area contributed by atoms with Crippen molar-refractivity contribution in [2.75, 3.05) is 18.1 Å². The van der Waals surface area contributed by atoms with Crippen molar-refractivity contribution in [2.45, 2.75) is 44.7 Å². The third-order valence-corrected chi connectivity index (χ3v) is 4.00. The van der Waals surface area contributed by atoms with Crippen LogP contribution in [0.2, 0.25) is 0 Å². The summed E-state index contributed by atoms with van der Waals surface area (Å²) in [5.41, 5.74) is 0.